The van der Waals surface area contributed by atoms with Gasteiger partial charge in [0.2, 0.25) is 0 Å². The van der Waals surface area contributed by atoms with E-state index in [1.165, 1.54) is 13.0 Å². The molecule has 3 nitrogen and oxygen atoms in total. The number of aliphatic hydroxyl groups is 1. The highest BCUT2D eigenvalue weighted by molar-refractivity contribution is 6.00. The standard InChI is InChI=1S/C15H20FNO2/c1-9-6-14(12(11(3)18)7-13(9)16)17-5-4-15(19)10(2)8-17/h6-7,10,15,19H,4-5,8H2,1-3H3. The Labute approximate surface area is 113 Å². The molecule has 19 heavy (non-hydrogen) atoms. The number of ketones is 1. The second kappa shape index (κ2) is 5.29. The lowest BCUT2D eigenvalue weighted by Gasteiger charge is -2.37. The topological polar surface area (TPSA) is 40.5 Å². The van der Waals surface area contributed by atoms with Crippen molar-refractivity contribution in [3.8, 4) is 0 Å². The van der Waals surface area contributed by atoms with E-state index in [0.29, 0.717) is 30.6 Å². The van der Waals surface area contributed by atoms with Gasteiger partial charge in [0.05, 0.1) is 6.10 Å². The molecule has 1 aromatic rings. The second-order valence-corrected chi connectivity index (χ2v) is 5.45. The molecule has 104 valence electrons. The smallest absolute Gasteiger partial charge is 0.161 e. The Kier molecular flexibility index (Phi) is 3.90. The van der Waals surface area contributed by atoms with E-state index in [-0.39, 0.29) is 23.6 Å². The first-order valence-corrected chi connectivity index (χ1v) is 6.64. The zero-order chi connectivity index (χ0) is 14.2. The highest BCUT2D eigenvalue weighted by Crippen LogP contribution is 2.29. The summed E-state index contributed by atoms with van der Waals surface area (Å²) in [5.41, 5.74) is 1.75. The van der Waals surface area contributed by atoms with Gasteiger partial charge in [0.15, 0.2) is 5.78 Å². The predicted molar refractivity (Wildman–Crippen MR) is 73.1 cm³/mol. The van der Waals surface area contributed by atoms with Gasteiger partial charge in [0, 0.05) is 24.3 Å². The van der Waals surface area contributed by atoms with E-state index >= 15 is 0 Å². The van der Waals surface area contributed by atoms with Crippen molar-refractivity contribution in [2.24, 2.45) is 5.92 Å². The number of hydrogen-bond donors (Lipinski definition) is 1. The highest BCUT2D eigenvalue weighted by Gasteiger charge is 2.26. The Morgan fingerprint density at radius 1 is 1.47 bits per heavy atom. The quantitative estimate of drug-likeness (QED) is 0.835. The normalized spacial score (nSPS) is 23.5. The number of piperidine rings is 1. The Bertz CT molecular complexity index is 501. The molecule has 1 aliphatic rings. The van der Waals surface area contributed by atoms with Gasteiger partial charge in [-0.25, -0.2) is 4.39 Å². The number of carbonyl (C=O) groups excluding carboxylic acids is 1. The summed E-state index contributed by atoms with van der Waals surface area (Å²) in [6.07, 6.45) is 0.383. The number of rotatable bonds is 2. The van der Waals surface area contributed by atoms with Gasteiger partial charge in [-0.1, -0.05) is 6.92 Å². The van der Waals surface area contributed by atoms with Crippen molar-refractivity contribution >= 4 is 11.5 Å². The van der Waals surface area contributed by atoms with Crippen LogP contribution in [0.15, 0.2) is 12.1 Å². The van der Waals surface area contributed by atoms with Gasteiger partial charge in [-0.15, -0.1) is 0 Å². The van der Waals surface area contributed by atoms with Gasteiger partial charge in [-0.3, -0.25) is 4.79 Å². The van der Waals surface area contributed by atoms with E-state index in [9.17, 15) is 14.3 Å². The van der Waals surface area contributed by atoms with Gasteiger partial charge < -0.3 is 10.0 Å². The van der Waals surface area contributed by atoms with Gasteiger partial charge >= 0.3 is 0 Å². The summed E-state index contributed by atoms with van der Waals surface area (Å²) in [4.78, 5) is 13.7. The Hall–Kier alpha value is -1.42. The fourth-order valence-electron chi connectivity index (χ4n) is 2.56. The maximum absolute atomic E-state index is 13.6. The van der Waals surface area contributed by atoms with E-state index < -0.39 is 0 Å². The van der Waals surface area contributed by atoms with Crippen molar-refractivity contribution in [1.29, 1.82) is 0 Å². The number of Topliss-reactive ketones (excluding diaryl/α,β-unsaturated/α-hetero) is 1. The number of anilines is 1. The lowest BCUT2D eigenvalue weighted by atomic mass is 9.95. The minimum Gasteiger partial charge on any atom is -0.393 e. The Balaban J connectivity index is 2.38. The van der Waals surface area contributed by atoms with Gasteiger partial charge in [0.25, 0.3) is 0 Å². The maximum Gasteiger partial charge on any atom is 0.161 e. The molecular formula is C15H20FNO2. The summed E-state index contributed by atoms with van der Waals surface area (Å²) in [6, 6.07) is 3.05. The molecule has 2 rings (SSSR count). The van der Waals surface area contributed by atoms with Crippen LogP contribution in [0.4, 0.5) is 10.1 Å². The summed E-state index contributed by atoms with van der Waals surface area (Å²) in [5.74, 6) is -0.328. The second-order valence-electron chi connectivity index (χ2n) is 5.45. The van der Waals surface area contributed by atoms with Crippen molar-refractivity contribution in [3.05, 3.63) is 29.1 Å². The van der Waals surface area contributed by atoms with Gasteiger partial charge in [-0.2, -0.15) is 0 Å². The first-order chi connectivity index (χ1) is 8.90. The third-order valence-corrected chi connectivity index (χ3v) is 3.86. The first-order valence-electron chi connectivity index (χ1n) is 6.64. The van der Waals surface area contributed by atoms with Crippen LogP contribution in [-0.2, 0) is 0 Å². The van der Waals surface area contributed by atoms with Crippen LogP contribution in [0, 0.1) is 18.7 Å². The monoisotopic (exact) mass is 265 g/mol. The van der Waals surface area contributed by atoms with Gasteiger partial charge in [-0.05, 0) is 43.9 Å². The first kappa shape index (κ1) is 14.0. The number of halogens is 1. The van der Waals surface area contributed by atoms with Crippen LogP contribution in [-0.4, -0.2) is 30.1 Å². The number of hydrogen-bond acceptors (Lipinski definition) is 3. The number of benzene rings is 1. The lowest BCUT2D eigenvalue weighted by molar-refractivity contribution is 0.0967. The number of aliphatic hydroxyl groups excluding tert-OH is 1. The average molecular weight is 265 g/mol. The maximum atomic E-state index is 13.6. The molecule has 0 amide bonds. The van der Waals surface area contributed by atoms with Gasteiger partial charge in [0.1, 0.15) is 5.82 Å². The third kappa shape index (κ3) is 2.78. The zero-order valence-corrected chi connectivity index (χ0v) is 11.6. The van der Waals surface area contributed by atoms with Crippen molar-refractivity contribution in [2.75, 3.05) is 18.0 Å². The van der Waals surface area contributed by atoms with Crippen LogP contribution in [0.5, 0.6) is 0 Å². The molecule has 0 saturated carbocycles. The molecule has 0 radical (unpaired) electrons. The molecule has 1 N–H and O–H groups in total. The van der Waals surface area contributed by atoms with Crippen molar-refractivity contribution in [1.82, 2.24) is 0 Å². The SMILES string of the molecule is CC(=O)c1cc(F)c(C)cc1N1CCC(O)C(C)C1. The fraction of sp³-hybridized carbons (Fsp3) is 0.533. The van der Waals surface area contributed by atoms with Crippen molar-refractivity contribution < 1.29 is 14.3 Å². The molecule has 1 saturated heterocycles. The molecule has 0 aromatic heterocycles. The summed E-state index contributed by atoms with van der Waals surface area (Å²) in [6.45, 7) is 6.52. The minimum absolute atomic E-state index is 0.132. The van der Waals surface area contributed by atoms with E-state index in [1.807, 2.05) is 6.92 Å². The highest BCUT2D eigenvalue weighted by atomic mass is 19.1. The van der Waals surface area contributed by atoms with Crippen LogP contribution in [0.2, 0.25) is 0 Å². The molecule has 0 bridgehead atoms. The minimum atomic E-state index is -0.348. The van der Waals surface area contributed by atoms with Crippen LogP contribution in [0.25, 0.3) is 0 Å². The molecule has 4 heteroatoms. The predicted octanol–water partition coefficient (Wildman–Crippen LogP) is 2.54. The van der Waals surface area contributed by atoms with E-state index in [2.05, 4.69) is 4.90 Å². The number of aryl methyl sites for hydroxylation is 1. The van der Waals surface area contributed by atoms with Crippen molar-refractivity contribution in [3.63, 3.8) is 0 Å². The molecule has 0 aliphatic carbocycles. The van der Waals surface area contributed by atoms with E-state index in [1.54, 1.807) is 13.0 Å². The average Bonchev–Trinajstić information content (AvgIpc) is 2.35. The van der Waals surface area contributed by atoms with Crippen LogP contribution in [0.3, 0.4) is 0 Å². The summed E-state index contributed by atoms with van der Waals surface area (Å²) in [7, 11) is 0. The van der Waals surface area contributed by atoms with E-state index in [4.69, 9.17) is 0 Å². The van der Waals surface area contributed by atoms with E-state index in [0.717, 1.165) is 5.69 Å². The Morgan fingerprint density at radius 2 is 2.16 bits per heavy atom. The summed E-state index contributed by atoms with van der Waals surface area (Å²) in [5, 5.41) is 9.77. The lowest BCUT2D eigenvalue weighted by Crippen LogP contribution is -2.42. The molecule has 1 aliphatic heterocycles. The third-order valence-electron chi connectivity index (χ3n) is 3.86. The largest absolute Gasteiger partial charge is 0.393 e. The molecular weight excluding hydrogens is 245 g/mol. The number of carbonyl (C=O) groups is 1. The van der Waals surface area contributed by atoms with Crippen LogP contribution < -0.4 is 4.90 Å². The Morgan fingerprint density at radius 3 is 2.74 bits per heavy atom. The van der Waals surface area contributed by atoms with Crippen LogP contribution in [0.1, 0.15) is 36.2 Å². The fourth-order valence-corrected chi connectivity index (χ4v) is 2.56. The summed E-state index contributed by atoms with van der Waals surface area (Å²) < 4.78 is 13.6. The molecule has 1 fully saturated rings. The molecule has 2 atom stereocenters. The summed E-state index contributed by atoms with van der Waals surface area (Å²) >= 11 is 0. The number of nitrogens with zero attached hydrogens (tertiary/aromatic N) is 1. The van der Waals surface area contributed by atoms with Crippen molar-refractivity contribution in [2.45, 2.75) is 33.3 Å². The molecule has 0 spiro atoms. The molecule has 2 unspecified atom stereocenters. The molecule has 1 aromatic carbocycles. The molecule has 1 heterocycles. The van der Waals surface area contributed by atoms with Crippen LogP contribution >= 0.6 is 0 Å². The zero-order valence-electron chi connectivity index (χ0n) is 11.6.